The molecule has 1 fully saturated rings. The van der Waals surface area contributed by atoms with Crippen molar-refractivity contribution in [2.45, 2.75) is 31.7 Å². The number of carbonyl (C=O) groups is 1. The number of unbranched alkanes of at least 4 members (excludes halogenated alkanes) is 1. The van der Waals surface area contributed by atoms with Gasteiger partial charge in [-0.1, -0.05) is 48.5 Å². The fraction of sp³-hybridized carbons (Fsp3) is 0.226. The number of imidazole rings is 1. The van der Waals surface area contributed by atoms with Crippen LogP contribution >= 0.6 is 0 Å². The molecule has 1 aromatic heterocycles. The molecule has 0 radical (unpaired) electrons. The maximum atomic E-state index is 13.4. The van der Waals surface area contributed by atoms with E-state index in [1.807, 2.05) is 42.5 Å². The largest absolute Gasteiger partial charge is 0.493 e. The summed E-state index contributed by atoms with van der Waals surface area (Å²) in [5.74, 6) is 1.57. The summed E-state index contributed by atoms with van der Waals surface area (Å²) in [7, 11) is 0. The molecule has 1 aliphatic heterocycles. The van der Waals surface area contributed by atoms with Crippen LogP contribution in [-0.2, 0) is 11.3 Å². The van der Waals surface area contributed by atoms with Crippen molar-refractivity contribution in [3.8, 4) is 5.75 Å². The van der Waals surface area contributed by atoms with Gasteiger partial charge in [-0.25, -0.2) is 9.37 Å². The van der Waals surface area contributed by atoms with Gasteiger partial charge in [-0.15, -0.1) is 0 Å². The number of fused-ring (bicyclic) bond motifs is 2. The molecule has 0 N–H and O–H groups in total. The average Bonchev–Trinajstić information content (AvgIpc) is 3.49. The summed E-state index contributed by atoms with van der Waals surface area (Å²) in [6.45, 7) is 1.98. The molecule has 2 heterocycles. The van der Waals surface area contributed by atoms with Gasteiger partial charge in [0.25, 0.3) is 0 Å². The van der Waals surface area contributed by atoms with Gasteiger partial charge in [-0.3, -0.25) is 4.79 Å². The molecule has 0 saturated carbocycles. The molecule has 6 heteroatoms. The number of aryl methyl sites for hydroxylation is 1. The van der Waals surface area contributed by atoms with Gasteiger partial charge in [-0.2, -0.15) is 0 Å². The molecule has 37 heavy (non-hydrogen) atoms. The number of rotatable bonds is 8. The predicted octanol–water partition coefficient (Wildman–Crippen LogP) is 6.71. The van der Waals surface area contributed by atoms with Crippen LogP contribution in [0.2, 0.25) is 0 Å². The molecule has 1 saturated heterocycles. The minimum atomic E-state index is -0.307. The van der Waals surface area contributed by atoms with E-state index in [2.05, 4.69) is 28.8 Å². The number of amides is 1. The Morgan fingerprint density at radius 1 is 0.892 bits per heavy atom. The first-order valence-electron chi connectivity index (χ1n) is 12.8. The van der Waals surface area contributed by atoms with Crippen LogP contribution in [0.15, 0.2) is 91.0 Å². The highest BCUT2D eigenvalue weighted by Crippen LogP contribution is 2.33. The highest BCUT2D eigenvalue weighted by atomic mass is 19.1. The quantitative estimate of drug-likeness (QED) is 0.226. The van der Waals surface area contributed by atoms with Gasteiger partial charge in [0.2, 0.25) is 5.91 Å². The third-order valence-electron chi connectivity index (χ3n) is 7.10. The third-order valence-corrected chi connectivity index (χ3v) is 7.10. The number of nitrogens with zero attached hydrogens (tertiary/aromatic N) is 3. The summed E-state index contributed by atoms with van der Waals surface area (Å²) in [6, 6.07) is 28.6. The fourth-order valence-electron chi connectivity index (χ4n) is 5.27. The summed E-state index contributed by atoms with van der Waals surface area (Å²) < 4.78 is 21.8. The Bertz CT molecular complexity index is 1560. The van der Waals surface area contributed by atoms with E-state index >= 15 is 0 Å². The van der Waals surface area contributed by atoms with Crippen molar-refractivity contribution in [2.24, 2.45) is 0 Å². The third kappa shape index (κ3) is 4.67. The molecule has 0 bridgehead atoms. The number of hydrogen-bond donors (Lipinski definition) is 0. The Kier molecular flexibility index (Phi) is 6.31. The second-order valence-corrected chi connectivity index (χ2v) is 9.53. The monoisotopic (exact) mass is 493 g/mol. The van der Waals surface area contributed by atoms with Crippen molar-refractivity contribution in [3.63, 3.8) is 0 Å². The molecule has 1 aliphatic rings. The van der Waals surface area contributed by atoms with Crippen molar-refractivity contribution >= 4 is 33.4 Å². The number of carbonyl (C=O) groups excluding carboxylic acids is 1. The maximum Gasteiger partial charge on any atom is 0.227 e. The lowest BCUT2D eigenvalue weighted by Gasteiger charge is -2.17. The average molecular weight is 494 g/mol. The fourth-order valence-corrected chi connectivity index (χ4v) is 5.27. The normalized spacial score (nSPS) is 15.6. The van der Waals surface area contributed by atoms with E-state index in [1.165, 1.54) is 17.5 Å². The zero-order valence-corrected chi connectivity index (χ0v) is 20.5. The first-order valence-corrected chi connectivity index (χ1v) is 12.8. The summed E-state index contributed by atoms with van der Waals surface area (Å²) in [4.78, 5) is 19.6. The number of hydrogen-bond acceptors (Lipinski definition) is 3. The van der Waals surface area contributed by atoms with Crippen molar-refractivity contribution in [2.75, 3.05) is 18.1 Å². The standard InChI is InChI=1S/C31H28FN3O2/c32-24-14-16-25(17-15-24)35-21-23(20-30(35)36)31-33-27-11-3-4-12-28(27)34(31)18-5-6-19-37-29-13-7-9-22-8-1-2-10-26(22)29/h1-4,7-17,23H,5-6,18-21H2. The highest BCUT2D eigenvalue weighted by Gasteiger charge is 2.34. The molecule has 186 valence electrons. The van der Waals surface area contributed by atoms with Gasteiger partial charge in [0, 0.05) is 36.5 Å². The molecule has 0 aliphatic carbocycles. The van der Waals surface area contributed by atoms with Crippen LogP contribution in [0.3, 0.4) is 0 Å². The summed E-state index contributed by atoms with van der Waals surface area (Å²) in [5, 5.41) is 2.31. The summed E-state index contributed by atoms with van der Waals surface area (Å²) in [5.41, 5.74) is 2.75. The number of para-hydroxylation sites is 2. The Hall–Kier alpha value is -4.19. The van der Waals surface area contributed by atoms with Gasteiger partial charge in [0.15, 0.2) is 0 Å². The van der Waals surface area contributed by atoms with E-state index in [0.29, 0.717) is 19.6 Å². The lowest BCUT2D eigenvalue weighted by Crippen LogP contribution is -2.24. The Balaban J connectivity index is 1.16. The topological polar surface area (TPSA) is 47.4 Å². The zero-order valence-electron chi connectivity index (χ0n) is 20.5. The van der Waals surface area contributed by atoms with Crippen molar-refractivity contribution in [3.05, 3.63) is 103 Å². The van der Waals surface area contributed by atoms with E-state index in [-0.39, 0.29) is 17.6 Å². The van der Waals surface area contributed by atoms with Crippen LogP contribution in [0.4, 0.5) is 10.1 Å². The first-order chi connectivity index (χ1) is 18.2. The predicted molar refractivity (Wildman–Crippen MR) is 145 cm³/mol. The molecule has 4 aromatic carbocycles. The van der Waals surface area contributed by atoms with Crippen LogP contribution in [0, 0.1) is 5.82 Å². The molecule has 1 atom stereocenters. The van der Waals surface area contributed by atoms with Gasteiger partial charge >= 0.3 is 0 Å². The maximum absolute atomic E-state index is 13.4. The van der Waals surface area contributed by atoms with Gasteiger partial charge in [0.05, 0.1) is 17.6 Å². The van der Waals surface area contributed by atoms with Crippen LogP contribution in [-0.4, -0.2) is 28.6 Å². The molecular formula is C31H28FN3O2. The number of anilines is 1. The Morgan fingerprint density at radius 2 is 1.68 bits per heavy atom. The van der Waals surface area contributed by atoms with Crippen molar-refractivity contribution in [1.82, 2.24) is 9.55 Å². The van der Waals surface area contributed by atoms with Crippen molar-refractivity contribution < 1.29 is 13.9 Å². The van der Waals surface area contributed by atoms with E-state index in [9.17, 15) is 9.18 Å². The Morgan fingerprint density at radius 3 is 2.57 bits per heavy atom. The zero-order chi connectivity index (χ0) is 25.2. The number of ether oxygens (including phenoxy) is 1. The van der Waals surface area contributed by atoms with Crippen LogP contribution in [0.5, 0.6) is 5.75 Å². The minimum absolute atomic E-state index is 0.0168. The number of halogens is 1. The van der Waals surface area contributed by atoms with Crippen LogP contribution < -0.4 is 9.64 Å². The lowest BCUT2D eigenvalue weighted by atomic mass is 10.1. The molecule has 1 unspecified atom stereocenters. The van der Waals surface area contributed by atoms with Crippen molar-refractivity contribution in [1.29, 1.82) is 0 Å². The van der Waals surface area contributed by atoms with Gasteiger partial charge in [-0.05, 0) is 60.7 Å². The van der Waals surface area contributed by atoms with Crippen LogP contribution in [0.25, 0.3) is 21.8 Å². The smallest absolute Gasteiger partial charge is 0.227 e. The molecule has 1 amide bonds. The molecule has 0 spiro atoms. The molecule has 5 nitrogen and oxygen atoms in total. The lowest BCUT2D eigenvalue weighted by molar-refractivity contribution is -0.117. The van der Waals surface area contributed by atoms with E-state index in [0.717, 1.165) is 53.1 Å². The first kappa shape index (κ1) is 23.2. The van der Waals surface area contributed by atoms with Gasteiger partial charge in [0.1, 0.15) is 17.4 Å². The van der Waals surface area contributed by atoms with E-state index < -0.39 is 0 Å². The van der Waals surface area contributed by atoms with Crippen LogP contribution in [0.1, 0.15) is 31.0 Å². The summed E-state index contributed by atoms with van der Waals surface area (Å²) >= 11 is 0. The van der Waals surface area contributed by atoms with E-state index in [1.54, 1.807) is 17.0 Å². The minimum Gasteiger partial charge on any atom is -0.493 e. The Labute approximate surface area is 215 Å². The summed E-state index contributed by atoms with van der Waals surface area (Å²) in [6.07, 6.45) is 2.23. The molecule has 6 rings (SSSR count). The number of aromatic nitrogens is 2. The highest BCUT2D eigenvalue weighted by molar-refractivity contribution is 5.96. The second-order valence-electron chi connectivity index (χ2n) is 9.53. The second kappa shape index (κ2) is 10.1. The molecule has 5 aromatic rings. The number of benzene rings is 4. The molecular weight excluding hydrogens is 465 g/mol. The van der Waals surface area contributed by atoms with E-state index in [4.69, 9.17) is 9.72 Å². The SMILES string of the molecule is O=C1CC(c2nc3ccccc3n2CCCCOc2cccc3ccccc23)CN1c1ccc(F)cc1. The van der Waals surface area contributed by atoms with Gasteiger partial charge < -0.3 is 14.2 Å².